The van der Waals surface area contributed by atoms with Gasteiger partial charge in [-0.25, -0.2) is 0 Å². The van der Waals surface area contributed by atoms with Gasteiger partial charge < -0.3 is 0 Å². The minimum absolute atomic E-state index is 0. The molecule has 1 aromatic rings. The summed E-state index contributed by atoms with van der Waals surface area (Å²) in [6, 6.07) is 8.97. The number of rotatable bonds is 2. The van der Waals surface area contributed by atoms with Crippen molar-refractivity contribution in [1.29, 1.82) is 0 Å². The summed E-state index contributed by atoms with van der Waals surface area (Å²) in [5.41, 5.74) is 6.11. The molecule has 0 heterocycles. The van der Waals surface area contributed by atoms with Crippen molar-refractivity contribution >= 4 is 37.8 Å². The number of hydrogen-bond donors (Lipinski definition) is 0. The fourth-order valence-electron chi connectivity index (χ4n) is 3.99. The van der Waals surface area contributed by atoms with Gasteiger partial charge in [0.1, 0.15) is 0 Å². The summed E-state index contributed by atoms with van der Waals surface area (Å²) >= 11 is -2.93. The zero-order valence-electron chi connectivity index (χ0n) is 13.8. The zero-order valence-corrected chi connectivity index (χ0v) is 19.4. The second-order valence-corrected chi connectivity index (χ2v) is 37.2. The Bertz CT molecular complexity index is 750. The van der Waals surface area contributed by atoms with Crippen molar-refractivity contribution in [2.24, 2.45) is 0 Å². The predicted molar refractivity (Wildman–Crippen MR) is 104 cm³/mol. The van der Waals surface area contributed by atoms with Gasteiger partial charge in [0.2, 0.25) is 0 Å². The zero-order chi connectivity index (χ0) is 14.6. The molecule has 0 radical (unpaired) electrons. The molecule has 2 aliphatic rings. The molecule has 0 nitrogen and oxygen atoms in total. The van der Waals surface area contributed by atoms with Gasteiger partial charge in [-0.2, -0.15) is 0 Å². The van der Waals surface area contributed by atoms with Crippen LogP contribution in [0.4, 0.5) is 0 Å². The first-order valence-electron chi connectivity index (χ1n) is 7.51. The minimum atomic E-state index is -2.93. The van der Waals surface area contributed by atoms with Crippen LogP contribution in [-0.4, -0.2) is 6.88 Å². The Hall–Kier alpha value is 0.120. The van der Waals surface area contributed by atoms with Gasteiger partial charge >= 0.3 is 125 Å². The average molecular weight is 433 g/mol. The van der Waals surface area contributed by atoms with Crippen molar-refractivity contribution in [1.82, 2.24) is 0 Å². The molecule has 0 saturated heterocycles. The van der Waals surface area contributed by atoms with E-state index in [0.717, 1.165) is 0 Å². The first-order valence-corrected chi connectivity index (χ1v) is 21.0. The smallest absolute Gasteiger partial charge is 0.147 e. The van der Waals surface area contributed by atoms with Crippen LogP contribution in [0.15, 0.2) is 50.8 Å². The molecule has 1 aromatic carbocycles. The molecular weight excluding hydrogens is 406 g/mol. The summed E-state index contributed by atoms with van der Waals surface area (Å²) in [5, 5.41) is 0. The summed E-state index contributed by atoms with van der Waals surface area (Å²) in [6.45, 7) is 6.99. The molecule has 1 unspecified atom stereocenters. The van der Waals surface area contributed by atoms with Crippen LogP contribution in [0.5, 0.6) is 0 Å². The Morgan fingerprint density at radius 1 is 1.09 bits per heavy atom. The van der Waals surface area contributed by atoms with Crippen molar-refractivity contribution in [2.75, 3.05) is 0 Å². The first-order chi connectivity index (χ1) is 9.30. The van der Waals surface area contributed by atoms with E-state index in [9.17, 15) is 0 Å². The van der Waals surface area contributed by atoms with Gasteiger partial charge in [0.15, 0.2) is 0 Å². The van der Waals surface area contributed by atoms with E-state index in [1.807, 2.05) is 3.28 Å². The van der Waals surface area contributed by atoms with Gasteiger partial charge in [-0.1, -0.05) is 0 Å². The van der Waals surface area contributed by atoms with E-state index >= 15 is 0 Å². The monoisotopic (exact) mass is 430 g/mol. The third-order valence-corrected chi connectivity index (χ3v) is 23.0. The van der Waals surface area contributed by atoms with Crippen LogP contribution in [0.3, 0.4) is 0 Å². The van der Waals surface area contributed by atoms with Crippen LogP contribution >= 0.6 is 24.8 Å². The van der Waals surface area contributed by atoms with E-state index < -0.39 is 17.4 Å². The van der Waals surface area contributed by atoms with Gasteiger partial charge in [0.05, 0.1) is 0 Å². The summed E-state index contributed by atoms with van der Waals surface area (Å²) in [5.74, 6) is 0. The molecule has 0 spiro atoms. The second-order valence-electron chi connectivity index (χ2n) is 7.47. The molecule has 0 bridgehead atoms. The van der Waals surface area contributed by atoms with Gasteiger partial charge in [-0.3, -0.25) is 0 Å². The molecule has 3 rings (SSSR count). The Balaban J connectivity index is 0.00000121. The maximum Gasteiger partial charge on any atom is -0.147 e. The summed E-state index contributed by atoms with van der Waals surface area (Å²) in [4.78, 5) is 0. The molecule has 0 amide bonds. The van der Waals surface area contributed by atoms with E-state index in [1.165, 1.54) is 17.6 Å². The van der Waals surface area contributed by atoms with E-state index in [1.54, 1.807) is 11.1 Å². The number of hydrogen-bond acceptors (Lipinski definition) is 0. The maximum absolute atomic E-state index is 2.93. The molecule has 2 aliphatic carbocycles. The molecule has 120 valence electrons. The fourth-order valence-corrected chi connectivity index (χ4v) is 19.7. The molecule has 0 aliphatic heterocycles. The van der Waals surface area contributed by atoms with Crippen molar-refractivity contribution < 1.29 is 17.4 Å². The molecule has 4 heteroatoms. The summed E-state index contributed by atoms with van der Waals surface area (Å²) in [7, 11) is 0. The SMILES string of the molecule is CC1=CC[C]([Zr]([CH3])([CH3])(=[SiH2])[CH]2C=Cc3ccccc32)=C1C.Cl.Cl. The Kier molecular flexibility index (Phi) is 6.01. The van der Waals surface area contributed by atoms with E-state index in [0.29, 0.717) is 3.63 Å². The number of halogens is 2. The Labute approximate surface area is 149 Å². The molecule has 0 fully saturated rings. The fraction of sp³-hybridized carbons (Fsp3) is 0.333. The molecule has 0 saturated carbocycles. The topological polar surface area (TPSA) is 0 Å². The van der Waals surface area contributed by atoms with Crippen molar-refractivity contribution in [3.8, 4) is 0 Å². The van der Waals surface area contributed by atoms with Crippen molar-refractivity contribution in [3.05, 3.63) is 62.0 Å². The third kappa shape index (κ3) is 3.05. The third-order valence-electron chi connectivity index (χ3n) is 5.44. The van der Waals surface area contributed by atoms with E-state index in [-0.39, 0.29) is 24.8 Å². The normalized spacial score (nSPS) is 20.2. The first kappa shape index (κ1) is 20.2. The van der Waals surface area contributed by atoms with Gasteiger partial charge in [-0.05, 0) is 0 Å². The quantitative estimate of drug-likeness (QED) is 0.537. The van der Waals surface area contributed by atoms with Gasteiger partial charge in [0.25, 0.3) is 0 Å². The summed E-state index contributed by atoms with van der Waals surface area (Å²) < 4.78 is 7.77. The number of benzene rings is 1. The molecule has 22 heavy (non-hydrogen) atoms. The van der Waals surface area contributed by atoms with Gasteiger partial charge in [0, 0.05) is 0 Å². The standard InChI is InChI=1S/C9H7.C7H9.2CH3.2ClH.H2Si.Zr/c1-2-5-9-7-3-6-8(9)4-1;1-6-4-3-5-7(6)2;;;;;;/h1-7H;4H,3H2,1-2H3;2*1H3;2*1H;1H2;. The van der Waals surface area contributed by atoms with Gasteiger partial charge in [-0.15, -0.1) is 24.8 Å². The molecular formula is C18H26Cl2SiZr. The largest absolute Gasteiger partial charge is 0.147 e. The average Bonchev–Trinajstić information content (AvgIpc) is 2.95. The summed E-state index contributed by atoms with van der Waals surface area (Å²) in [6.07, 6.45) is 8.48. The molecule has 1 atom stereocenters. The molecule has 0 N–H and O–H groups in total. The van der Waals surface area contributed by atoms with E-state index in [2.05, 4.69) is 72.5 Å². The van der Waals surface area contributed by atoms with Crippen molar-refractivity contribution in [3.63, 3.8) is 0 Å². The van der Waals surface area contributed by atoms with Crippen LogP contribution in [0.1, 0.15) is 35.0 Å². The minimum Gasteiger partial charge on any atom is -0.147 e. The number of fused-ring (bicyclic) bond motifs is 1. The number of allylic oxidation sites excluding steroid dienone is 5. The van der Waals surface area contributed by atoms with E-state index in [4.69, 9.17) is 0 Å². The predicted octanol–water partition coefficient (Wildman–Crippen LogP) is 5.56. The van der Waals surface area contributed by atoms with Crippen LogP contribution < -0.4 is 0 Å². The Morgan fingerprint density at radius 3 is 2.32 bits per heavy atom. The van der Waals surface area contributed by atoms with Crippen molar-refractivity contribution in [2.45, 2.75) is 33.2 Å². The van der Waals surface area contributed by atoms with Crippen LogP contribution in [0.2, 0.25) is 9.26 Å². The van der Waals surface area contributed by atoms with Crippen LogP contribution in [-0.2, 0) is 17.4 Å². The maximum atomic E-state index is 2.64. The van der Waals surface area contributed by atoms with Crippen LogP contribution in [0.25, 0.3) is 6.08 Å². The Morgan fingerprint density at radius 2 is 1.73 bits per heavy atom. The van der Waals surface area contributed by atoms with Crippen LogP contribution in [0, 0.1) is 0 Å². The second kappa shape index (κ2) is 6.55. The molecule has 0 aromatic heterocycles.